The number of ether oxygens (including phenoxy) is 2. The van der Waals surface area contributed by atoms with Crippen molar-refractivity contribution in [1.29, 1.82) is 0 Å². The summed E-state index contributed by atoms with van der Waals surface area (Å²) in [5, 5.41) is 9.03. The number of pyridine rings is 1. The van der Waals surface area contributed by atoms with Gasteiger partial charge < -0.3 is 14.6 Å². The Bertz CT molecular complexity index is 528. The maximum Gasteiger partial charge on any atom is 0.222 e. The molecular formula is C15H17NO3. The van der Waals surface area contributed by atoms with E-state index in [0.717, 1.165) is 5.56 Å². The van der Waals surface area contributed by atoms with Crippen LogP contribution in [0.4, 0.5) is 0 Å². The second-order valence-electron chi connectivity index (χ2n) is 3.93. The predicted molar refractivity (Wildman–Crippen MR) is 72.7 cm³/mol. The molecule has 0 atom stereocenters. The summed E-state index contributed by atoms with van der Waals surface area (Å²) < 4.78 is 11.1. The molecule has 0 saturated carbocycles. The first kappa shape index (κ1) is 13.4. The van der Waals surface area contributed by atoms with E-state index >= 15 is 0 Å². The summed E-state index contributed by atoms with van der Waals surface area (Å²) in [5.74, 6) is 1.73. The third-order valence-electron chi connectivity index (χ3n) is 2.56. The highest BCUT2D eigenvalue weighted by Crippen LogP contribution is 2.25. The van der Waals surface area contributed by atoms with E-state index in [1.54, 1.807) is 12.1 Å². The molecule has 1 aromatic heterocycles. The molecule has 0 bridgehead atoms. The largest absolute Gasteiger partial charge is 0.478 e. The fraction of sp³-hybridized carbons (Fsp3) is 0.267. The van der Waals surface area contributed by atoms with E-state index in [9.17, 15) is 0 Å². The Balaban J connectivity index is 2.18. The van der Waals surface area contributed by atoms with Crippen LogP contribution in [-0.2, 0) is 6.42 Å². The highest BCUT2D eigenvalue weighted by molar-refractivity contribution is 5.36. The van der Waals surface area contributed by atoms with E-state index in [4.69, 9.17) is 14.6 Å². The van der Waals surface area contributed by atoms with Crippen LogP contribution < -0.4 is 9.47 Å². The zero-order valence-corrected chi connectivity index (χ0v) is 10.9. The van der Waals surface area contributed by atoms with Crippen molar-refractivity contribution >= 4 is 0 Å². The molecule has 2 rings (SSSR count). The number of benzene rings is 1. The molecule has 0 aliphatic rings. The summed E-state index contributed by atoms with van der Waals surface area (Å²) in [6.45, 7) is 2.57. The number of nitrogens with zero attached hydrogens (tertiary/aromatic N) is 1. The Labute approximate surface area is 112 Å². The molecule has 4 nitrogen and oxygen atoms in total. The molecular weight excluding hydrogens is 242 g/mol. The van der Waals surface area contributed by atoms with Crippen molar-refractivity contribution in [2.45, 2.75) is 13.3 Å². The van der Waals surface area contributed by atoms with Gasteiger partial charge in [0.1, 0.15) is 5.75 Å². The summed E-state index contributed by atoms with van der Waals surface area (Å²) in [7, 11) is 0. The summed E-state index contributed by atoms with van der Waals surface area (Å²) in [6.07, 6.45) is 0.557. The summed E-state index contributed by atoms with van der Waals surface area (Å²) in [5.41, 5.74) is 0.952. The molecule has 0 saturated heterocycles. The monoisotopic (exact) mass is 259 g/mol. The maximum absolute atomic E-state index is 9.03. The van der Waals surface area contributed by atoms with Crippen LogP contribution in [0, 0.1) is 0 Å². The van der Waals surface area contributed by atoms with Crippen LogP contribution in [0.15, 0.2) is 42.5 Å². The quantitative estimate of drug-likeness (QED) is 0.866. The van der Waals surface area contributed by atoms with Crippen molar-refractivity contribution in [3.8, 4) is 17.5 Å². The lowest BCUT2D eigenvalue weighted by atomic mass is 10.1. The molecule has 100 valence electrons. The number of aliphatic hydroxyl groups is 1. The summed E-state index contributed by atoms with van der Waals surface area (Å²) in [6, 6.07) is 13.0. The molecule has 0 amide bonds. The molecule has 2 aromatic rings. The van der Waals surface area contributed by atoms with Crippen molar-refractivity contribution in [3.05, 3.63) is 48.0 Å². The van der Waals surface area contributed by atoms with Gasteiger partial charge in [0.2, 0.25) is 11.8 Å². The van der Waals surface area contributed by atoms with E-state index in [1.807, 2.05) is 37.3 Å². The topological polar surface area (TPSA) is 51.6 Å². The van der Waals surface area contributed by atoms with Crippen molar-refractivity contribution in [1.82, 2.24) is 4.98 Å². The Kier molecular flexibility index (Phi) is 4.75. The molecule has 1 aromatic carbocycles. The van der Waals surface area contributed by atoms with Crippen molar-refractivity contribution in [2.24, 2.45) is 0 Å². The first-order valence-electron chi connectivity index (χ1n) is 6.30. The number of hydrogen-bond donors (Lipinski definition) is 1. The minimum Gasteiger partial charge on any atom is -0.478 e. The molecule has 0 spiro atoms. The third-order valence-corrected chi connectivity index (χ3v) is 2.56. The van der Waals surface area contributed by atoms with Gasteiger partial charge in [-0.25, -0.2) is 0 Å². The van der Waals surface area contributed by atoms with Crippen LogP contribution in [0.1, 0.15) is 12.5 Å². The molecule has 0 aliphatic carbocycles. The lowest BCUT2D eigenvalue weighted by molar-refractivity contribution is 0.297. The van der Waals surface area contributed by atoms with Gasteiger partial charge >= 0.3 is 0 Å². The SMILES string of the molecule is CCOc1cccc(Oc2ccccc2CCO)n1. The molecule has 4 heteroatoms. The molecule has 1 heterocycles. The van der Waals surface area contributed by atoms with E-state index in [1.165, 1.54) is 0 Å². The van der Waals surface area contributed by atoms with Crippen LogP contribution in [0.3, 0.4) is 0 Å². The van der Waals surface area contributed by atoms with Gasteiger partial charge in [-0.15, -0.1) is 0 Å². The highest BCUT2D eigenvalue weighted by atomic mass is 16.5. The highest BCUT2D eigenvalue weighted by Gasteiger charge is 2.05. The van der Waals surface area contributed by atoms with Crippen LogP contribution >= 0.6 is 0 Å². The lowest BCUT2D eigenvalue weighted by Crippen LogP contribution is -1.98. The fourth-order valence-corrected chi connectivity index (χ4v) is 1.72. The average molecular weight is 259 g/mol. The van der Waals surface area contributed by atoms with Crippen molar-refractivity contribution in [2.75, 3.05) is 13.2 Å². The molecule has 0 aliphatic heterocycles. The van der Waals surface area contributed by atoms with Crippen molar-refractivity contribution in [3.63, 3.8) is 0 Å². The fourth-order valence-electron chi connectivity index (χ4n) is 1.72. The average Bonchev–Trinajstić information content (AvgIpc) is 2.42. The minimum absolute atomic E-state index is 0.0901. The molecule has 19 heavy (non-hydrogen) atoms. The number of hydrogen-bond acceptors (Lipinski definition) is 4. The Morgan fingerprint density at radius 2 is 1.84 bits per heavy atom. The van der Waals surface area contributed by atoms with Crippen molar-refractivity contribution < 1.29 is 14.6 Å². The van der Waals surface area contributed by atoms with Crippen LogP contribution in [0.2, 0.25) is 0 Å². The van der Waals surface area contributed by atoms with Crippen LogP contribution in [0.25, 0.3) is 0 Å². The predicted octanol–water partition coefficient (Wildman–Crippen LogP) is 2.81. The number of rotatable bonds is 6. The van der Waals surface area contributed by atoms with E-state index in [-0.39, 0.29) is 6.61 Å². The third kappa shape index (κ3) is 3.69. The number of para-hydroxylation sites is 1. The van der Waals surface area contributed by atoms with Gasteiger partial charge in [-0.3, -0.25) is 0 Å². The smallest absolute Gasteiger partial charge is 0.222 e. The summed E-state index contributed by atoms with van der Waals surface area (Å²) >= 11 is 0. The van der Waals surface area contributed by atoms with E-state index in [2.05, 4.69) is 4.98 Å². The number of aliphatic hydroxyl groups excluding tert-OH is 1. The molecule has 0 radical (unpaired) electrons. The van der Waals surface area contributed by atoms with Crippen LogP contribution in [-0.4, -0.2) is 23.3 Å². The normalized spacial score (nSPS) is 10.2. The van der Waals surface area contributed by atoms with Gasteiger partial charge in [0.15, 0.2) is 0 Å². The van der Waals surface area contributed by atoms with Crippen LogP contribution in [0.5, 0.6) is 17.5 Å². The van der Waals surface area contributed by atoms with Gasteiger partial charge in [-0.05, 0) is 25.0 Å². The van der Waals surface area contributed by atoms with E-state index in [0.29, 0.717) is 30.5 Å². The molecule has 0 fully saturated rings. The second-order valence-corrected chi connectivity index (χ2v) is 3.93. The number of aromatic nitrogens is 1. The maximum atomic E-state index is 9.03. The first-order valence-corrected chi connectivity index (χ1v) is 6.30. The Morgan fingerprint density at radius 1 is 1.05 bits per heavy atom. The standard InChI is InChI=1S/C15H17NO3/c1-2-18-14-8-5-9-15(16-14)19-13-7-4-3-6-12(13)10-11-17/h3-9,17H,2,10-11H2,1H3. The zero-order valence-electron chi connectivity index (χ0n) is 10.9. The van der Waals surface area contributed by atoms with Gasteiger partial charge in [0.25, 0.3) is 0 Å². The van der Waals surface area contributed by atoms with Gasteiger partial charge in [0, 0.05) is 18.7 Å². The Hall–Kier alpha value is -2.07. The summed E-state index contributed by atoms with van der Waals surface area (Å²) in [4.78, 5) is 4.25. The van der Waals surface area contributed by atoms with Gasteiger partial charge in [-0.2, -0.15) is 4.98 Å². The lowest BCUT2D eigenvalue weighted by Gasteiger charge is -2.10. The van der Waals surface area contributed by atoms with Gasteiger partial charge in [0.05, 0.1) is 6.61 Å². The zero-order chi connectivity index (χ0) is 13.5. The second kappa shape index (κ2) is 6.75. The van der Waals surface area contributed by atoms with E-state index < -0.39 is 0 Å². The minimum atomic E-state index is 0.0901. The molecule has 1 N–H and O–H groups in total. The first-order chi connectivity index (χ1) is 9.33. The van der Waals surface area contributed by atoms with Gasteiger partial charge in [-0.1, -0.05) is 24.3 Å². The molecule has 0 unspecified atom stereocenters. The Morgan fingerprint density at radius 3 is 2.63 bits per heavy atom.